The molecule has 0 atom stereocenters. The molecule has 7 nitrogen and oxygen atoms in total. The molecule has 19 heavy (non-hydrogen) atoms. The molecule has 2 rings (SSSR count). The number of anilines is 1. The molecule has 0 aromatic carbocycles. The van der Waals surface area contributed by atoms with Crippen LogP contribution < -0.4 is 10.8 Å². The van der Waals surface area contributed by atoms with E-state index >= 15 is 0 Å². The highest BCUT2D eigenvalue weighted by molar-refractivity contribution is 6.61. The van der Waals surface area contributed by atoms with Crippen molar-refractivity contribution >= 4 is 24.6 Å². The summed E-state index contributed by atoms with van der Waals surface area (Å²) in [4.78, 5) is 18.2. The van der Waals surface area contributed by atoms with Crippen molar-refractivity contribution in [1.29, 1.82) is 0 Å². The van der Waals surface area contributed by atoms with Crippen molar-refractivity contribution in [2.75, 3.05) is 5.32 Å². The van der Waals surface area contributed by atoms with E-state index in [4.69, 9.17) is 14.4 Å². The summed E-state index contributed by atoms with van der Waals surface area (Å²) in [6, 6.07) is 0. The molecule has 1 aliphatic rings. The van der Waals surface area contributed by atoms with E-state index in [2.05, 4.69) is 15.3 Å². The van der Waals surface area contributed by atoms with E-state index in [-0.39, 0.29) is 5.95 Å². The Morgan fingerprint density at radius 2 is 1.68 bits per heavy atom. The van der Waals surface area contributed by atoms with Gasteiger partial charge in [-0.2, -0.15) is 0 Å². The van der Waals surface area contributed by atoms with Gasteiger partial charge in [0.05, 0.1) is 11.2 Å². The summed E-state index contributed by atoms with van der Waals surface area (Å²) in [6.45, 7) is 7.81. The summed E-state index contributed by atoms with van der Waals surface area (Å²) >= 11 is 0. The van der Waals surface area contributed by atoms with E-state index in [0.29, 0.717) is 5.46 Å². The lowest BCUT2D eigenvalue weighted by Gasteiger charge is -2.32. The Kier molecular flexibility index (Phi) is 3.23. The lowest BCUT2D eigenvalue weighted by molar-refractivity contribution is 0.00578. The molecule has 1 aliphatic heterocycles. The highest BCUT2D eigenvalue weighted by atomic mass is 16.7. The first-order valence-electron chi connectivity index (χ1n) is 5.89. The van der Waals surface area contributed by atoms with Crippen LogP contribution in [0.2, 0.25) is 0 Å². The third kappa shape index (κ3) is 2.69. The fourth-order valence-electron chi connectivity index (χ4n) is 1.60. The first-order valence-corrected chi connectivity index (χ1v) is 5.89. The summed E-state index contributed by atoms with van der Waals surface area (Å²) in [5.41, 5.74) is -0.222. The van der Waals surface area contributed by atoms with Crippen LogP contribution in [0.5, 0.6) is 0 Å². The number of nitrogens with one attached hydrogen (secondary N) is 1. The monoisotopic (exact) mass is 265 g/mol. The molecule has 0 saturated carbocycles. The van der Waals surface area contributed by atoms with E-state index in [1.807, 2.05) is 27.7 Å². The minimum absolute atomic E-state index is 0.0211. The van der Waals surface area contributed by atoms with Gasteiger partial charge in [0.2, 0.25) is 5.95 Å². The van der Waals surface area contributed by atoms with Crippen LogP contribution in [0.3, 0.4) is 0 Å². The average molecular weight is 265 g/mol. The van der Waals surface area contributed by atoms with Gasteiger partial charge in [0.15, 0.2) is 0 Å². The van der Waals surface area contributed by atoms with Crippen LogP contribution in [-0.2, 0) is 9.31 Å². The van der Waals surface area contributed by atoms with Gasteiger partial charge in [-0.25, -0.2) is 14.8 Å². The summed E-state index contributed by atoms with van der Waals surface area (Å²) in [6.07, 6.45) is 1.77. The van der Waals surface area contributed by atoms with E-state index in [9.17, 15) is 4.79 Å². The molecular weight excluding hydrogens is 249 g/mol. The van der Waals surface area contributed by atoms with Crippen LogP contribution in [0, 0.1) is 0 Å². The topological polar surface area (TPSA) is 93.6 Å². The van der Waals surface area contributed by atoms with E-state index in [1.165, 1.54) is 12.4 Å². The van der Waals surface area contributed by atoms with Crippen LogP contribution in [0.15, 0.2) is 12.4 Å². The molecule has 0 radical (unpaired) electrons. The van der Waals surface area contributed by atoms with E-state index in [1.54, 1.807) is 0 Å². The van der Waals surface area contributed by atoms with Gasteiger partial charge in [-0.3, -0.25) is 5.32 Å². The Hall–Kier alpha value is -1.67. The maximum absolute atomic E-state index is 10.4. The number of aromatic nitrogens is 2. The Balaban J connectivity index is 2.14. The Labute approximate surface area is 111 Å². The highest BCUT2D eigenvalue weighted by Crippen LogP contribution is 2.36. The van der Waals surface area contributed by atoms with Crippen LogP contribution >= 0.6 is 0 Å². The Bertz CT molecular complexity index is 473. The predicted octanol–water partition coefficient (Wildman–Crippen LogP) is 0.866. The van der Waals surface area contributed by atoms with Gasteiger partial charge in [-0.15, -0.1) is 0 Å². The van der Waals surface area contributed by atoms with Crippen molar-refractivity contribution in [3.63, 3.8) is 0 Å². The standard InChI is InChI=1S/C11H16BN3O4/c1-10(2)11(3,4)19-12(18-10)7-5-13-8(14-6-7)15-9(16)17/h5-6H,1-4H3,(H,16,17)(H,13,14,15). The summed E-state index contributed by atoms with van der Waals surface area (Å²) in [5, 5.41) is 10.6. The molecule has 2 N–H and O–H groups in total. The highest BCUT2D eigenvalue weighted by Gasteiger charge is 2.51. The van der Waals surface area contributed by atoms with Gasteiger partial charge >= 0.3 is 13.2 Å². The van der Waals surface area contributed by atoms with Gasteiger partial charge < -0.3 is 14.4 Å². The number of carbonyl (C=O) groups is 1. The molecule has 8 heteroatoms. The number of hydrogen-bond acceptors (Lipinski definition) is 5. The third-order valence-corrected chi connectivity index (χ3v) is 3.42. The number of amides is 1. The minimum Gasteiger partial charge on any atom is -0.465 e. The normalized spacial score (nSPS) is 20.3. The minimum atomic E-state index is -1.21. The largest absolute Gasteiger partial charge is 0.498 e. The molecule has 1 saturated heterocycles. The average Bonchev–Trinajstić information content (AvgIpc) is 2.48. The first kappa shape index (κ1) is 13.8. The quantitative estimate of drug-likeness (QED) is 0.770. The second-order valence-electron chi connectivity index (χ2n) is 5.36. The molecule has 2 heterocycles. The third-order valence-electron chi connectivity index (χ3n) is 3.42. The van der Waals surface area contributed by atoms with Crippen molar-refractivity contribution in [2.45, 2.75) is 38.9 Å². The number of hydrogen-bond donors (Lipinski definition) is 2. The van der Waals surface area contributed by atoms with Crippen molar-refractivity contribution in [3.8, 4) is 0 Å². The molecule has 0 unspecified atom stereocenters. The maximum Gasteiger partial charge on any atom is 0.498 e. The van der Waals surface area contributed by atoms with Gasteiger partial charge in [0, 0.05) is 17.9 Å². The van der Waals surface area contributed by atoms with Gasteiger partial charge in [-0.1, -0.05) is 0 Å². The summed E-state index contributed by atoms with van der Waals surface area (Å²) < 4.78 is 11.7. The fourth-order valence-corrected chi connectivity index (χ4v) is 1.60. The van der Waals surface area contributed by atoms with Crippen LogP contribution in [0.4, 0.5) is 10.7 Å². The van der Waals surface area contributed by atoms with Crippen molar-refractivity contribution in [2.24, 2.45) is 0 Å². The Morgan fingerprint density at radius 3 is 2.11 bits per heavy atom. The fraction of sp³-hybridized carbons (Fsp3) is 0.545. The van der Waals surface area contributed by atoms with Crippen LogP contribution in [0.1, 0.15) is 27.7 Å². The smallest absolute Gasteiger partial charge is 0.465 e. The predicted molar refractivity (Wildman–Crippen MR) is 69.4 cm³/mol. The zero-order valence-corrected chi connectivity index (χ0v) is 11.3. The van der Waals surface area contributed by atoms with E-state index < -0.39 is 24.4 Å². The molecular formula is C11H16BN3O4. The zero-order valence-electron chi connectivity index (χ0n) is 11.3. The molecule has 1 aromatic heterocycles. The lowest BCUT2D eigenvalue weighted by atomic mass is 9.81. The van der Waals surface area contributed by atoms with Crippen molar-refractivity contribution < 1.29 is 19.2 Å². The van der Waals surface area contributed by atoms with E-state index in [0.717, 1.165) is 0 Å². The zero-order chi connectivity index (χ0) is 14.3. The van der Waals surface area contributed by atoms with Crippen molar-refractivity contribution in [3.05, 3.63) is 12.4 Å². The van der Waals surface area contributed by atoms with Gasteiger partial charge in [0.25, 0.3) is 0 Å². The van der Waals surface area contributed by atoms with Gasteiger partial charge in [0.1, 0.15) is 0 Å². The maximum atomic E-state index is 10.4. The SMILES string of the molecule is CC1(C)OB(c2cnc(NC(=O)O)nc2)OC1(C)C. The molecule has 1 fully saturated rings. The molecule has 1 amide bonds. The van der Waals surface area contributed by atoms with Crippen molar-refractivity contribution in [1.82, 2.24) is 9.97 Å². The first-order chi connectivity index (χ1) is 8.71. The molecule has 0 bridgehead atoms. The second-order valence-corrected chi connectivity index (χ2v) is 5.36. The van der Waals surface area contributed by atoms with Crippen LogP contribution in [-0.4, -0.2) is 39.5 Å². The summed E-state index contributed by atoms with van der Waals surface area (Å²) in [5.74, 6) is 0.0211. The molecule has 1 aromatic rings. The van der Waals surface area contributed by atoms with Gasteiger partial charge in [-0.05, 0) is 27.7 Å². The number of rotatable bonds is 2. The molecule has 0 aliphatic carbocycles. The molecule has 0 spiro atoms. The van der Waals surface area contributed by atoms with Crippen LogP contribution in [0.25, 0.3) is 0 Å². The summed E-state index contributed by atoms with van der Waals surface area (Å²) in [7, 11) is -0.552. The molecule has 102 valence electrons. The Morgan fingerprint density at radius 1 is 1.21 bits per heavy atom. The second kappa shape index (κ2) is 4.46. The number of carboxylic acid groups (broad SMARTS) is 1. The lowest BCUT2D eigenvalue weighted by Crippen LogP contribution is -2.41. The number of nitrogens with zero attached hydrogens (tertiary/aromatic N) is 2.